The average Bonchev–Trinajstić information content (AvgIpc) is 3.55. The largest absolute Gasteiger partial charge is 0.416 e. The van der Waals surface area contributed by atoms with Crippen molar-refractivity contribution >= 4 is 17.5 Å². The normalized spacial score (nSPS) is 21.8. The van der Waals surface area contributed by atoms with Crippen molar-refractivity contribution in [3.8, 4) is 0 Å². The zero-order valence-corrected chi connectivity index (χ0v) is 16.3. The molecular formula is C22H19F5N2O2. The predicted molar refractivity (Wildman–Crippen MR) is 102 cm³/mol. The Bertz CT molecular complexity index is 1020. The lowest BCUT2D eigenvalue weighted by Gasteiger charge is -2.37. The highest BCUT2D eigenvalue weighted by Crippen LogP contribution is 2.41. The van der Waals surface area contributed by atoms with E-state index in [1.807, 2.05) is 0 Å². The molecule has 1 aliphatic heterocycles. The third-order valence-corrected chi connectivity index (χ3v) is 5.75. The number of benzene rings is 2. The summed E-state index contributed by atoms with van der Waals surface area (Å²) in [6.45, 7) is 0.322. The third-order valence-electron chi connectivity index (χ3n) is 5.75. The Balaban J connectivity index is 1.68. The average molecular weight is 438 g/mol. The highest BCUT2D eigenvalue weighted by molar-refractivity contribution is 6.07. The Morgan fingerprint density at radius 3 is 2.42 bits per heavy atom. The Hall–Kier alpha value is -2.97. The Morgan fingerprint density at radius 2 is 1.74 bits per heavy atom. The van der Waals surface area contributed by atoms with E-state index in [0.717, 1.165) is 37.1 Å². The van der Waals surface area contributed by atoms with Gasteiger partial charge in [0.05, 0.1) is 11.3 Å². The second-order valence-electron chi connectivity index (χ2n) is 7.85. The summed E-state index contributed by atoms with van der Waals surface area (Å²) in [4.78, 5) is 27.7. The highest BCUT2D eigenvalue weighted by atomic mass is 19.4. The molecule has 2 atom stereocenters. The van der Waals surface area contributed by atoms with E-state index in [1.165, 1.54) is 18.2 Å². The molecule has 0 radical (unpaired) electrons. The smallest absolute Gasteiger partial charge is 0.339 e. The molecular weight excluding hydrogens is 419 g/mol. The number of alkyl halides is 3. The van der Waals surface area contributed by atoms with Crippen LogP contribution in [-0.4, -0.2) is 29.3 Å². The molecule has 2 amide bonds. The summed E-state index contributed by atoms with van der Waals surface area (Å²) >= 11 is 0. The Morgan fingerprint density at radius 1 is 1.03 bits per heavy atom. The van der Waals surface area contributed by atoms with Gasteiger partial charge in [-0.05, 0) is 43.0 Å². The van der Waals surface area contributed by atoms with E-state index in [0.29, 0.717) is 6.54 Å². The topological polar surface area (TPSA) is 49.4 Å². The van der Waals surface area contributed by atoms with Crippen LogP contribution in [0.2, 0.25) is 0 Å². The number of halogens is 5. The van der Waals surface area contributed by atoms with Gasteiger partial charge in [-0.2, -0.15) is 13.2 Å². The lowest BCUT2D eigenvalue weighted by atomic mass is 9.78. The molecule has 1 aliphatic carbocycles. The van der Waals surface area contributed by atoms with Crippen molar-refractivity contribution in [3.05, 3.63) is 65.2 Å². The van der Waals surface area contributed by atoms with Crippen LogP contribution in [0.1, 0.15) is 36.3 Å². The molecule has 1 heterocycles. The maximum Gasteiger partial charge on any atom is 0.416 e. The molecule has 164 valence electrons. The molecule has 0 unspecified atom stereocenters. The first-order valence-electron chi connectivity index (χ1n) is 9.89. The molecule has 4 nitrogen and oxygen atoms in total. The number of carbonyl (C=O) groups is 2. The fourth-order valence-electron chi connectivity index (χ4n) is 4.06. The first-order valence-corrected chi connectivity index (χ1v) is 9.89. The molecule has 2 aromatic carbocycles. The first kappa shape index (κ1) is 21.3. The minimum Gasteiger partial charge on any atom is -0.339 e. The van der Waals surface area contributed by atoms with Crippen molar-refractivity contribution in [2.75, 3.05) is 11.9 Å². The lowest BCUT2D eigenvalue weighted by Crippen LogP contribution is -2.50. The van der Waals surface area contributed by atoms with Crippen LogP contribution >= 0.6 is 0 Å². The maximum atomic E-state index is 14.0. The van der Waals surface area contributed by atoms with Crippen LogP contribution in [0.15, 0.2) is 42.5 Å². The highest BCUT2D eigenvalue weighted by Gasteiger charge is 2.46. The van der Waals surface area contributed by atoms with Gasteiger partial charge < -0.3 is 10.2 Å². The monoisotopic (exact) mass is 438 g/mol. The maximum absolute atomic E-state index is 14.0. The molecule has 0 spiro atoms. The van der Waals surface area contributed by atoms with Gasteiger partial charge in [-0.1, -0.05) is 24.3 Å². The summed E-state index contributed by atoms with van der Waals surface area (Å²) in [7, 11) is 0. The van der Waals surface area contributed by atoms with Crippen LogP contribution in [0, 0.1) is 17.6 Å². The summed E-state index contributed by atoms with van der Waals surface area (Å²) in [5.41, 5.74) is -1.10. The van der Waals surface area contributed by atoms with Crippen LogP contribution in [-0.2, 0) is 15.8 Å². The molecule has 4 rings (SSSR count). The number of piperidine rings is 1. The summed E-state index contributed by atoms with van der Waals surface area (Å²) < 4.78 is 67.1. The van der Waals surface area contributed by atoms with Gasteiger partial charge in [0, 0.05) is 18.5 Å². The fourth-order valence-corrected chi connectivity index (χ4v) is 4.06. The van der Waals surface area contributed by atoms with Gasteiger partial charge in [-0.15, -0.1) is 0 Å². The van der Waals surface area contributed by atoms with Gasteiger partial charge in [0.25, 0.3) is 0 Å². The summed E-state index contributed by atoms with van der Waals surface area (Å²) in [5.74, 6) is -5.98. The molecule has 9 heteroatoms. The van der Waals surface area contributed by atoms with E-state index in [4.69, 9.17) is 0 Å². The van der Waals surface area contributed by atoms with Gasteiger partial charge in [-0.3, -0.25) is 9.59 Å². The van der Waals surface area contributed by atoms with Gasteiger partial charge >= 0.3 is 6.18 Å². The number of rotatable bonds is 4. The Kier molecular flexibility index (Phi) is 5.45. The fraction of sp³-hybridized carbons (Fsp3) is 0.364. The first-order chi connectivity index (χ1) is 14.7. The van der Waals surface area contributed by atoms with E-state index in [9.17, 15) is 31.5 Å². The van der Waals surface area contributed by atoms with E-state index >= 15 is 0 Å². The molecule has 1 saturated heterocycles. The lowest BCUT2D eigenvalue weighted by molar-refractivity contribution is -0.145. The Labute approximate surface area is 175 Å². The van der Waals surface area contributed by atoms with Gasteiger partial charge in [0.1, 0.15) is 5.92 Å². The SMILES string of the molecule is O=C(Nc1cccc(F)c1F)[C@H]1C(=O)N(C2CC2)CC[C@@H]1c1cccc(C(F)(F)F)c1. The van der Waals surface area contributed by atoms with Crippen molar-refractivity contribution in [1.29, 1.82) is 0 Å². The van der Waals surface area contributed by atoms with Crippen LogP contribution in [0.3, 0.4) is 0 Å². The summed E-state index contributed by atoms with van der Waals surface area (Å²) in [6.07, 6.45) is -2.69. The predicted octanol–water partition coefficient (Wildman–Crippen LogP) is 4.72. The minimum absolute atomic E-state index is 0.0103. The molecule has 1 N–H and O–H groups in total. The summed E-state index contributed by atoms with van der Waals surface area (Å²) in [6, 6.07) is 7.79. The number of nitrogens with one attached hydrogen (secondary N) is 1. The van der Waals surface area contributed by atoms with E-state index in [1.54, 1.807) is 4.90 Å². The summed E-state index contributed by atoms with van der Waals surface area (Å²) in [5, 5.41) is 2.25. The molecule has 0 bridgehead atoms. The number of hydrogen-bond donors (Lipinski definition) is 1. The second kappa shape index (κ2) is 7.94. The van der Waals surface area contributed by atoms with Crippen LogP contribution in [0.25, 0.3) is 0 Å². The van der Waals surface area contributed by atoms with E-state index < -0.39 is 52.7 Å². The molecule has 2 aliphatic rings. The quantitative estimate of drug-likeness (QED) is 0.555. The number of anilines is 1. The van der Waals surface area contributed by atoms with Crippen molar-refractivity contribution in [3.63, 3.8) is 0 Å². The number of amides is 2. The minimum atomic E-state index is -4.57. The van der Waals surface area contributed by atoms with E-state index in [2.05, 4.69) is 5.32 Å². The second-order valence-corrected chi connectivity index (χ2v) is 7.85. The number of carbonyl (C=O) groups excluding carboxylic acids is 2. The standard InChI is InChI=1S/C22H19F5N2O2/c23-16-5-2-6-17(19(16)24)28-20(30)18-15(9-10-29(21(18)31)14-7-8-14)12-3-1-4-13(11-12)22(25,26)27/h1-6,11,14-15,18H,7-10H2,(H,28,30)/t15-,18+/m1/s1. The van der Waals surface area contributed by atoms with Crippen molar-refractivity contribution in [2.45, 2.75) is 37.4 Å². The zero-order chi connectivity index (χ0) is 22.3. The molecule has 1 saturated carbocycles. The van der Waals surface area contributed by atoms with Crippen LogP contribution in [0.5, 0.6) is 0 Å². The van der Waals surface area contributed by atoms with Crippen molar-refractivity contribution in [2.24, 2.45) is 5.92 Å². The van der Waals surface area contributed by atoms with Gasteiger partial charge in [0.15, 0.2) is 11.6 Å². The third kappa shape index (κ3) is 4.26. The number of hydrogen-bond acceptors (Lipinski definition) is 2. The zero-order valence-electron chi connectivity index (χ0n) is 16.3. The molecule has 0 aromatic heterocycles. The van der Waals surface area contributed by atoms with Crippen molar-refractivity contribution in [1.82, 2.24) is 4.90 Å². The molecule has 31 heavy (non-hydrogen) atoms. The van der Waals surface area contributed by atoms with Gasteiger partial charge in [0.2, 0.25) is 11.8 Å². The van der Waals surface area contributed by atoms with Crippen LogP contribution < -0.4 is 5.32 Å². The molecule has 2 aromatic rings. The van der Waals surface area contributed by atoms with E-state index in [-0.39, 0.29) is 18.0 Å². The molecule has 2 fully saturated rings. The van der Waals surface area contributed by atoms with Crippen molar-refractivity contribution < 1.29 is 31.5 Å². The number of nitrogens with zero attached hydrogens (tertiary/aromatic N) is 1. The van der Waals surface area contributed by atoms with Crippen LogP contribution in [0.4, 0.5) is 27.6 Å². The van der Waals surface area contributed by atoms with Gasteiger partial charge in [-0.25, -0.2) is 8.78 Å². The number of likely N-dealkylation sites (tertiary alicyclic amines) is 1.